The van der Waals surface area contributed by atoms with Gasteiger partial charge in [-0.15, -0.1) is 0 Å². The fourth-order valence-corrected chi connectivity index (χ4v) is 2.57. The SMILES string of the molecule is CN(C)c1cc(C(F)(F)F)nc(N[C@H]2CCOc3c(F)cccc32)n1. The third-order valence-corrected chi connectivity index (χ3v) is 3.79. The molecule has 1 aliphatic heterocycles. The Morgan fingerprint density at radius 3 is 2.68 bits per heavy atom. The van der Waals surface area contributed by atoms with Gasteiger partial charge in [0.2, 0.25) is 5.95 Å². The summed E-state index contributed by atoms with van der Waals surface area (Å²) in [6.07, 6.45) is -4.14. The topological polar surface area (TPSA) is 50.3 Å². The second-order valence-electron chi connectivity index (χ2n) is 5.82. The molecule has 0 fully saturated rings. The van der Waals surface area contributed by atoms with Crippen molar-refractivity contribution in [3.05, 3.63) is 41.3 Å². The lowest BCUT2D eigenvalue weighted by Gasteiger charge is -2.27. The van der Waals surface area contributed by atoms with E-state index in [0.29, 0.717) is 12.0 Å². The largest absolute Gasteiger partial charge is 0.490 e. The van der Waals surface area contributed by atoms with Crippen LogP contribution in [0.2, 0.25) is 0 Å². The highest BCUT2D eigenvalue weighted by molar-refractivity contribution is 5.47. The van der Waals surface area contributed by atoms with Crippen LogP contribution in [-0.2, 0) is 6.18 Å². The smallest absolute Gasteiger partial charge is 0.433 e. The Balaban J connectivity index is 1.96. The minimum atomic E-state index is -4.59. The number of alkyl halides is 3. The zero-order valence-electron chi connectivity index (χ0n) is 13.6. The number of fused-ring (bicyclic) bond motifs is 1. The van der Waals surface area contributed by atoms with Crippen LogP contribution in [0.3, 0.4) is 0 Å². The van der Waals surface area contributed by atoms with Crippen molar-refractivity contribution in [2.24, 2.45) is 0 Å². The summed E-state index contributed by atoms with van der Waals surface area (Å²) in [4.78, 5) is 9.13. The number of nitrogens with zero attached hydrogens (tertiary/aromatic N) is 3. The predicted molar refractivity (Wildman–Crippen MR) is 84.2 cm³/mol. The molecule has 2 aromatic rings. The minimum Gasteiger partial charge on any atom is -0.490 e. The first-order chi connectivity index (χ1) is 11.8. The van der Waals surface area contributed by atoms with Gasteiger partial charge in [0.15, 0.2) is 17.3 Å². The molecule has 0 amide bonds. The van der Waals surface area contributed by atoms with Gasteiger partial charge in [-0.3, -0.25) is 0 Å². The quantitative estimate of drug-likeness (QED) is 0.851. The van der Waals surface area contributed by atoms with Gasteiger partial charge in [-0.25, -0.2) is 9.37 Å². The number of hydrogen-bond acceptors (Lipinski definition) is 5. The number of ether oxygens (including phenoxy) is 1. The number of anilines is 2. The van der Waals surface area contributed by atoms with E-state index in [4.69, 9.17) is 4.74 Å². The van der Waals surface area contributed by atoms with Crippen LogP contribution in [0.5, 0.6) is 5.75 Å². The number of halogens is 4. The molecule has 0 saturated heterocycles. The lowest BCUT2D eigenvalue weighted by atomic mass is 10.0. The highest BCUT2D eigenvalue weighted by Gasteiger charge is 2.34. The zero-order valence-corrected chi connectivity index (χ0v) is 13.6. The second kappa shape index (κ2) is 6.38. The molecule has 134 valence electrons. The van der Waals surface area contributed by atoms with Crippen LogP contribution in [0.15, 0.2) is 24.3 Å². The lowest BCUT2D eigenvalue weighted by molar-refractivity contribution is -0.141. The van der Waals surface area contributed by atoms with E-state index in [1.165, 1.54) is 17.0 Å². The van der Waals surface area contributed by atoms with Crippen molar-refractivity contribution in [1.82, 2.24) is 9.97 Å². The van der Waals surface area contributed by atoms with Gasteiger partial charge in [0, 0.05) is 32.1 Å². The molecule has 0 radical (unpaired) electrons. The summed E-state index contributed by atoms with van der Waals surface area (Å²) < 4.78 is 58.4. The number of nitrogens with one attached hydrogen (secondary N) is 1. The predicted octanol–water partition coefficient (Wildman–Crippen LogP) is 3.64. The van der Waals surface area contributed by atoms with Crippen molar-refractivity contribution in [3.63, 3.8) is 0 Å². The van der Waals surface area contributed by atoms with Crippen molar-refractivity contribution in [1.29, 1.82) is 0 Å². The number of benzene rings is 1. The normalized spacial score (nSPS) is 16.8. The standard InChI is InChI=1S/C16H16F4N4O/c1-24(2)13-8-12(16(18,19)20)22-15(23-13)21-11-6-7-25-14-9(11)4-3-5-10(14)17/h3-5,8,11H,6-7H2,1-2H3,(H,21,22,23)/t11-/m0/s1. The van der Waals surface area contributed by atoms with E-state index in [-0.39, 0.29) is 24.1 Å². The van der Waals surface area contributed by atoms with Crippen molar-refractivity contribution < 1.29 is 22.3 Å². The molecule has 0 aliphatic carbocycles. The Kier molecular flexibility index (Phi) is 4.40. The fourth-order valence-electron chi connectivity index (χ4n) is 2.57. The maximum atomic E-state index is 13.8. The molecular formula is C16H16F4N4O. The van der Waals surface area contributed by atoms with Crippen molar-refractivity contribution >= 4 is 11.8 Å². The molecule has 0 saturated carbocycles. The summed E-state index contributed by atoms with van der Waals surface area (Å²) in [5.41, 5.74) is -0.515. The number of aromatic nitrogens is 2. The van der Waals surface area contributed by atoms with Gasteiger partial charge in [0.05, 0.1) is 12.6 Å². The van der Waals surface area contributed by atoms with E-state index in [1.54, 1.807) is 20.2 Å². The molecule has 0 unspecified atom stereocenters. The van der Waals surface area contributed by atoms with Gasteiger partial charge in [-0.1, -0.05) is 12.1 Å². The van der Waals surface area contributed by atoms with Crippen molar-refractivity contribution in [3.8, 4) is 5.75 Å². The van der Waals surface area contributed by atoms with Crippen LogP contribution in [-0.4, -0.2) is 30.7 Å². The van der Waals surface area contributed by atoms with Crippen molar-refractivity contribution in [2.75, 3.05) is 30.9 Å². The van der Waals surface area contributed by atoms with Crippen LogP contribution in [0, 0.1) is 5.82 Å². The monoisotopic (exact) mass is 356 g/mol. The molecule has 0 bridgehead atoms. The first-order valence-electron chi connectivity index (χ1n) is 7.57. The molecule has 1 aromatic carbocycles. The molecular weight excluding hydrogens is 340 g/mol. The average molecular weight is 356 g/mol. The molecule has 1 aliphatic rings. The molecule has 1 aromatic heterocycles. The van der Waals surface area contributed by atoms with Crippen LogP contribution >= 0.6 is 0 Å². The Hall–Kier alpha value is -2.58. The minimum absolute atomic E-state index is 0.103. The lowest BCUT2D eigenvalue weighted by Crippen LogP contribution is -2.23. The maximum absolute atomic E-state index is 13.8. The van der Waals surface area contributed by atoms with E-state index in [9.17, 15) is 17.6 Å². The van der Waals surface area contributed by atoms with E-state index < -0.39 is 23.7 Å². The van der Waals surface area contributed by atoms with Crippen molar-refractivity contribution in [2.45, 2.75) is 18.6 Å². The first kappa shape index (κ1) is 17.2. The zero-order chi connectivity index (χ0) is 18.2. The third-order valence-electron chi connectivity index (χ3n) is 3.79. The van der Waals surface area contributed by atoms with Gasteiger partial charge < -0.3 is 15.0 Å². The number of hydrogen-bond donors (Lipinski definition) is 1. The summed E-state index contributed by atoms with van der Waals surface area (Å²) in [6.45, 7) is 0.241. The summed E-state index contributed by atoms with van der Waals surface area (Å²) in [6, 6.07) is 4.89. The fraction of sp³-hybridized carbons (Fsp3) is 0.375. The molecule has 2 heterocycles. The average Bonchev–Trinajstić information content (AvgIpc) is 2.55. The molecule has 1 atom stereocenters. The second-order valence-corrected chi connectivity index (χ2v) is 5.82. The summed E-state index contributed by atoms with van der Waals surface area (Å²) in [5, 5.41) is 2.88. The summed E-state index contributed by atoms with van der Waals surface area (Å²) in [7, 11) is 3.18. The van der Waals surface area contributed by atoms with E-state index in [2.05, 4.69) is 15.3 Å². The van der Waals surface area contributed by atoms with Gasteiger partial charge in [0.1, 0.15) is 5.82 Å². The molecule has 5 nitrogen and oxygen atoms in total. The molecule has 9 heteroatoms. The summed E-state index contributed by atoms with van der Waals surface area (Å²) >= 11 is 0. The summed E-state index contributed by atoms with van der Waals surface area (Å²) in [5.74, 6) is -0.453. The molecule has 1 N–H and O–H groups in total. The van der Waals surface area contributed by atoms with Crippen LogP contribution < -0.4 is 15.0 Å². The maximum Gasteiger partial charge on any atom is 0.433 e. The van der Waals surface area contributed by atoms with Crippen LogP contribution in [0.1, 0.15) is 23.7 Å². The molecule has 3 rings (SSSR count). The van der Waals surface area contributed by atoms with Gasteiger partial charge in [0.25, 0.3) is 0 Å². The number of para-hydroxylation sites is 1. The van der Waals surface area contributed by atoms with Crippen LogP contribution in [0.4, 0.5) is 29.3 Å². The Labute approximate surface area is 141 Å². The first-order valence-corrected chi connectivity index (χ1v) is 7.57. The molecule has 0 spiro atoms. The Morgan fingerprint density at radius 1 is 1.24 bits per heavy atom. The van der Waals surface area contributed by atoms with E-state index >= 15 is 0 Å². The van der Waals surface area contributed by atoms with Crippen LogP contribution in [0.25, 0.3) is 0 Å². The van der Waals surface area contributed by atoms with Gasteiger partial charge >= 0.3 is 6.18 Å². The highest BCUT2D eigenvalue weighted by atomic mass is 19.4. The Bertz CT molecular complexity index is 779. The number of rotatable bonds is 3. The molecule has 25 heavy (non-hydrogen) atoms. The van der Waals surface area contributed by atoms with Gasteiger partial charge in [-0.2, -0.15) is 18.2 Å². The Morgan fingerprint density at radius 2 is 2.00 bits per heavy atom. The third kappa shape index (κ3) is 3.59. The highest BCUT2D eigenvalue weighted by Crippen LogP contribution is 2.36. The van der Waals surface area contributed by atoms with E-state index in [1.807, 2.05) is 0 Å². The van der Waals surface area contributed by atoms with Gasteiger partial charge in [-0.05, 0) is 6.07 Å². The van der Waals surface area contributed by atoms with E-state index in [0.717, 1.165) is 6.07 Å².